The number of benzene rings is 3. The highest BCUT2D eigenvalue weighted by Crippen LogP contribution is 2.31. The van der Waals surface area contributed by atoms with Crippen LogP contribution in [0.15, 0.2) is 88.4 Å². The largest absolute Gasteiger partial charge is 0.455 e. The molecule has 0 saturated carbocycles. The van der Waals surface area contributed by atoms with E-state index in [9.17, 15) is 4.39 Å². The van der Waals surface area contributed by atoms with E-state index in [1.807, 2.05) is 30.3 Å². The van der Waals surface area contributed by atoms with Crippen LogP contribution in [0.4, 0.5) is 10.1 Å². The second-order valence-corrected chi connectivity index (χ2v) is 9.43. The Morgan fingerprint density at radius 3 is 2.54 bits per heavy atom. The van der Waals surface area contributed by atoms with Gasteiger partial charge in [-0.05, 0) is 60.7 Å². The van der Waals surface area contributed by atoms with Gasteiger partial charge in [0.05, 0.1) is 16.3 Å². The fraction of sp³-hybridized carbons (Fsp3) is 0.0385. The Labute approximate surface area is 231 Å². The fourth-order valence-corrected chi connectivity index (χ4v) is 4.44. The van der Waals surface area contributed by atoms with E-state index in [1.165, 1.54) is 12.1 Å². The van der Waals surface area contributed by atoms with Crippen LogP contribution in [0.2, 0.25) is 15.1 Å². The van der Waals surface area contributed by atoms with E-state index >= 15 is 0 Å². The molecule has 0 aliphatic rings. The van der Waals surface area contributed by atoms with Crippen LogP contribution >= 0.6 is 47.0 Å². The average molecular weight is 573 g/mol. The zero-order valence-corrected chi connectivity index (χ0v) is 22.0. The van der Waals surface area contributed by atoms with E-state index in [2.05, 4.69) is 15.5 Å². The number of halogens is 4. The first kappa shape index (κ1) is 25.2. The summed E-state index contributed by atoms with van der Waals surface area (Å²) in [5.74, 6) is 1.11. The van der Waals surface area contributed by atoms with Crippen molar-refractivity contribution in [1.29, 1.82) is 0 Å². The molecule has 5 rings (SSSR count). The van der Waals surface area contributed by atoms with Gasteiger partial charge in [0.1, 0.15) is 24.0 Å². The second-order valence-electron chi connectivity index (χ2n) is 7.82. The summed E-state index contributed by atoms with van der Waals surface area (Å²) in [6, 6.07) is 22.7. The predicted molar refractivity (Wildman–Crippen MR) is 149 cm³/mol. The summed E-state index contributed by atoms with van der Waals surface area (Å²) in [6.07, 6.45) is 1.55. The van der Waals surface area contributed by atoms with Gasteiger partial charge in [-0.1, -0.05) is 65.1 Å². The monoisotopic (exact) mass is 571 g/mol. The molecule has 37 heavy (non-hydrogen) atoms. The molecule has 0 spiro atoms. The van der Waals surface area contributed by atoms with Crippen molar-refractivity contribution in [2.45, 2.75) is 6.67 Å². The van der Waals surface area contributed by atoms with E-state index in [1.54, 1.807) is 52.0 Å². The van der Waals surface area contributed by atoms with Gasteiger partial charge in [0.25, 0.3) is 0 Å². The molecule has 2 heterocycles. The molecule has 0 radical (unpaired) electrons. The SMILES string of the molecule is Fc1ccc(NCn2nc(-c3ccccc3)n(/N=C/c3ccc(-c4ccc(Cl)cc4Cl)o3)c2=S)cc1Cl. The fourth-order valence-electron chi connectivity index (χ4n) is 3.52. The zero-order chi connectivity index (χ0) is 25.9. The molecule has 5 aromatic rings. The molecule has 6 nitrogen and oxygen atoms in total. The average Bonchev–Trinajstić information content (AvgIpc) is 3.48. The molecule has 0 aliphatic carbocycles. The van der Waals surface area contributed by atoms with E-state index in [-0.39, 0.29) is 11.7 Å². The minimum absolute atomic E-state index is 0.0198. The summed E-state index contributed by atoms with van der Waals surface area (Å²) in [5.41, 5.74) is 2.16. The van der Waals surface area contributed by atoms with Crippen LogP contribution < -0.4 is 5.32 Å². The highest BCUT2D eigenvalue weighted by molar-refractivity contribution is 7.71. The Morgan fingerprint density at radius 1 is 0.973 bits per heavy atom. The molecule has 1 N–H and O–H groups in total. The molecule has 3 aromatic carbocycles. The predicted octanol–water partition coefficient (Wildman–Crippen LogP) is 8.39. The van der Waals surface area contributed by atoms with E-state index in [0.29, 0.717) is 43.4 Å². The Balaban J connectivity index is 1.45. The molecule has 0 unspecified atom stereocenters. The lowest BCUT2D eigenvalue weighted by molar-refractivity contribution is 0.574. The molecular weight excluding hydrogens is 556 g/mol. The van der Waals surface area contributed by atoms with Crippen LogP contribution in [0.1, 0.15) is 5.76 Å². The molecule has 0 bridgehead atoms. The van der Waals surface area contributed by atoms with Crippen molar-refractivity contribution < 1.29 is 8.81 Å². The minimum Gasteiger partial charge on any atom is -0.455 e. The van der Waals surface area contributed by atoms with Crippen LogP contribution in [-0.2, 0) is 6.67 Å². The van der Waals surface area contributed by atoms with Crippen LogP contribution in [0.3, 0.4) is 0 Å². The maximum atomic E-state index is 13.5. The van der Waals surface area contributed by atoms with Gasteiger partial charge in [-0.15, -0.1) is 5.10 Å². The van der Waals surface area contributed by atoms with E-state index < -0.39 is 5.82 Å². The van der Waals surface area contributed by atoms with Crippen LogP contribution in [-0.4, -0.2) is 20.7 Å². The van der Waals surface area contributed by atoms with Gasteiger partial charge >= 0.3 is 0 Å². The molecule has 0 saturated heterocycles. The molecule has 0 atom stereocenters. The minimum atomic E-state index is -0.492. The molecule has 186 valence electrons. The normalized spacial score (nSPS) is 11.4. The molecule has 2 aromatic heterocycles. The number of anilines is 1. The molecule has 0 fully saturated rings. The number of rotatable bonds is 7. The van der Waals surface area contributed by atoms with Gasteiger partial charge in [0, 0.05) is 21.8 Å². The highest BCUT2D eigenvalue weighted by Gasteiger charge is 2.13. The third kappa shape index (κ3) is 5.62. The first-order valence-electron chi connectivity index (χ1n) is 10.9. The van der Waals surface area contributed by atoms with Gasteiger partial charge in [0.2, 0.25) is 4.77 Å². The summed E-state index contributed by atoms with van der Waals surface area (Å²) in [6.45, 7) is 0.211. The Bertz CT molecular complexity index is 1660. The maximum Gasteiger partial charge on any atom is 0.221 e. The lowest BCUT2D eigenvalue weighted by atomic mass is 10.2. The van der Waals surface area contributed by atoms with E-state index in [0.717, 1.165) is 5.56 Å². The summed E-state index contributed by atoms with van der Waals surface area (Å²) in [7, 11) is 0. The number of aromatic nitrogens is 3. The maximum absolute atomic E-state index is 13.5. The summed E-state index contributed by atoms with van der Waals surface area (Å²) in [4.78, 5) is 0. The van der Waals surface area contributed by atoms with Gasteiger partial charge in [-0.3, -0.25) is 0 Å². The first-order valence-corrected chi connectivity index (χ1v) is 12.5. The lowest BCUT2D eigenvalue weighted by Gasteiger charge is -2.06. The third-order valence-electron chi connectivity index (χ3n) is 5.33. The smallest absolute Gasteiger partial charge is 0.221 e. The highest BCUT2D eigenvalue weighted by atomic mass is 35.5. The van der Waals surface area contributed by atoms with Crippen molar-refractivity contribution in [3.05, 3.63) is 110 Å². The Morgan fingerprint density at radius 2 is 1.78 bits per heavy atom. The quantitative estimate of drug-likeness (QED) is 0.157. The summed E-state index contributed by atoms with van der Waals surface area (Å²) < 4.78 is 22.9. The van der Waals surface area contributed by atoms with Crippen LogP contribution in [0.5, 0.6) is 0 Å². The van der Waals surface area contributed by atoms with Crippen molar-refractivity contribution in [2.75, 3.05) is 5.32 Å². The zero-order valence-electron chi connectivity index (χ0n) is 18.9. The van der Waals surface area contributed by atoms with Gasteiger partial charge < -0.3 is 9.73 Å². The Hall–Kier alpha value is -3.43. The van der Waals surface area contributed by atoms with Gasteiger partial charge in [0.15, 0.2) is 5.82 Å². The molecule has 11 heteroatoms. The van der Waals surface area contributed by atoms with Crippen molar-refractivity contribution in [3.63, 3.8) is 0 Å². The molecule has 0 aliphatic heterocycles. The lowest BCUT2D eigenvalue weighted by Crippen LogP contribution is -2.10. The number of furan rings is 1. The third-order valence-corrected chi connectivity index (χ3v) is 6.55. The van der Waals surface area contributed by atoms with Crippen LogP contribution in [0.25, 0.3) is 22.7 Å². The van der Waals surface area contributed by atoms with Gasteiger partial charge in [-0.2, -0.15) is 9.78 Å². The molecule has 0 amide bonds. The van der Waals surface area contributed by atoms with Crippen molar-refractivity contribution in [3.8, 4) is 22.7 Å². The summed E-state index contributed by atoms with van der Waals surface area (Å²) >= 11 is 23.9. The number of hydrogen-bond donors (Lipinski definition) is 1. The second kappa shape index (κ2) is 10.9. The van der Waals surface area contributed by atoms with Crippen LogP contribution in [0, 0.1) is 10.6 Å². The number of nitrogens with one attached hydrogen (secondary N) is 1. The topological polar surface area (TPSA) is 60.3 Å². The van der Waals surface area contributed by atoms with Crippen molar-refractivity contribution in [1.82, 2.24) is 14.5 Å². The summed E-state index contributed by atoms with van der Waals surface area (Å²) in [5, 5.41) is 13.4. The van der Waals surface area contributed by atoms with E-state index in [4.69, 9.17) is 51.4 Å². The standard InChI is InChI=1S/C26H17Cl3FN5OS/c27-17-6-9-20(21(28)12-17)24-11-8-19(36-24)14-32-35-25(16-4-2-1-3-5-16)33-34(26(35)37)15-31-18-7-10-23(30)22(29)13-18/h1-14,31H,15H2/b32-14+. The first-order chi connectivity index (χ1) is 17.9. The molecular formula is C26H17Cl3FN5OS. The number of hydrogen-bond acceptors (Lipinski definition) is 5. The Kier molecular flexibility index (Phi) is 7.43. The number of nitrogens with zero attached hydrogens (tertiary/aromatic N) is 4. The van der Waals surface area contributed by atoms with Crippen molar-refractivity contribution >= 4 is 58.9 Å². The van der Waals surface area contributed by atoms with Gasteiger partial charge in [-0.25, -0.2) is 9.07 Å². The van der Waals surface area contributed by atoms with Crippen molar-refractivity contribution in [2.24, 2.45) is 5.10 Å².